The van der Waals surface area contributed by atoms with E-state index in [0.29, 0.717) is 10.6 Å². The molecule has 1 aromatic heterocycles. The molecule has 96 valence electrons. The number of aliphatic hydroxyl groups is 1. The Kier molecular flexibility index (Phi) is 4.04. The third kappa shape index (κ3) is 2.58. The van der Waals surface area contributed by atoms with Gasteiger partial charge in [0.1, 0.15) is 17.7 Å². The van der Waals surface area contributed by atoms with Crippen LogP contribution in [-0.2, 0) is 0 Å². The minimum absolute atomic E-state index is 0.254. The first-order valence-corrected chi connectivity index (χ1v) is 6.91. The Morgan fingerprint density at radius 1 is 1.39 bits per heavy atom. The lowest BCUT2D eigenvalue weighted by atomic mass is 10.1. The Hall–Kier alpha value is -0.910. The minimum atomic E-state index is -0.953. The summed E-state index contributed by atoms with van der Waals surface area (Å²) in [6.45, 7) is 1.94. The fraction of sp³-hybridized carbons (Fsp3) is 0.231. The highest BCUT2D eigenvalue weighted by atomic mass is 79.9. The highest BCUT2D eigenvalue weighted by Crippen LogP contribution is 2.35. The van der Waals surface area contributed by atoms with Gasteiger partial charge in [0.25, 0.3) is 0 Å². The van der Waals surface area contributed by atoms with Crippen LogP contribution in [-0.4, -0.2) is 12.2 Å². The summed E-state index contributed by atoms with van der Waals surface area (Å²) in [4.78, 5) is 1.77. The quantitative estimate of drug-likeness (QED) is 0.919. The van der Waals surface area contributed by atoms with Crippen molar-refractivity contribution < 1.29 is 14.2 Å². The van der Waals surface area contributed by atoms with E-state index in [-0.39, 0.29) is 5.56 Å². The van der Waals surface area contributed by atoms with Gasteiger partial charge in [-0.3, -0.25) is 0 Å². The summed E-state index contributed by atoms with van der Waals surface area (Å²) in [5.74, 6) is -0.0315. The third-order valence-corrected chi connectivity index (χ3v) is 4.84. The maximum Gasteiger partial charge on any atom is 0.133 e. The lowest BCUT2D eigenvalue weighted by Gasteiger charge is -2.11. The number of ether oxygens (including phenoxy) is 1. The first-order valence-electron chi connectivity index (χ1n) is 5.30. The van der Waals surface area contributed by atoms with Crippen LogP contribution >= 0.6 is 27.3 Å². The van der Waals surface area contributed by atoms with Crippen molar-refractivity contribution in [3.63, 3.8) is 0 Å². The number of hydrogen-bond donors (Lipinski definition) is 1. The van der Waals surface area contributed by atoms with Crippen molar-refractivity contribution in [3.8, 4) is 5.75 Å². The Bertz CT molecular complexity index is 549. The zero-order valence-corrected chi connectivity index (χ0v) is 12.3. The van der Waals surface area contributed by atoms with Gasteiger partial charge in [-0.2, -0.15) is 0 Å². The normalized spacial score (nSPS) is 12.5. The molecule has 0 aliphatic carbocycles. The number of aryl methyl sites for hydroxylation is 1. The molecule has 1 unspecified atom stereocenters. The molecule has 0 spiro atoms. The van der Waals surface area contributed by atoms with Gasteiger partial charge in [-0.1, -0.05) is 0 Å². The van der Waals surface area contributed by atoms with Crippen LogP contribution < -0.4 is 4.74 Å². The molecule has 1 aromatic carbocycles. The summed E-state index contributed by atoms with van der Waals surface area (Å²) >= 11 is 4.82. The number of hydrogen-bond acceptors (Lipinski definition) is 3. The fourth-order valence-electron chi connectivity index (χ4n) is 1.63. The van der Waals surface area contributed by atoms with Crippen LogP contribution in [0.5, 0.6) is 5.75 Å². The predicted molar refractivity (Wildman–Crippen MR) is 73.8 cm³/mol. The fourth-order valence-corrected chi connectivity index (χ4v) is 3.19. The van der Waals surface area contributed by atoms with E-state index >= 15 is 0 Å². The zero-order valence-electron chi connectivity index (χ0n) is 9.91. The van der Waals surface area contributed by atoms with Gasteiger partial charge < -0.3 is 9.84 Å². The van der Waals surface area contributed by atoms with Gasteiger partial charge in [0.2, 0.25) is 0 Å². The van der Waals surface area contributed by atoms with Crippen molar-refractivity contribution in [3.05, 3.63) is 49.9 Å². The molecular weight excluding hydrogens is 319 g/mol. The lowest BCUT2D eigenvalue weighted by Crippen LogP contribution is -2.01. The highest BCUT2D eigenvalue weighted by molar-refractivity contribution is 9.10. The number of thiophene rings is 1. The van der Waals surface area contributed by atoms with E-state index < -0.39 is 11.9 Å². The molecule has 0 radical (unpaired) electrons. The van der Waals surface area contributed by atoms with Crippen LogP contribution in [0.3, 0.4) is 0 Å². The maximum absolute atomic E-state index is 13.8. The van der Waals surface area contributed by atoms with Gasteiger partial charge in [-0.25, -0.2) is 4.39 Å². The average Bonchev–Trinajstić information content (AvgIpc) is 2.68. The molecule has 5 heteroatoms. The Morgan fingerprint density at radius 3 is 2.61 bits per heavy atom. The van der Waals surface area contributed by atoms with Crippen molar-refractivity contribution in [2.75, 3.05) is 7.11 Å². The summed E-state index contributed by atoms with van der Waals surface area (Å²) in [7, 11) is 1.48. The molecule has 2 aromatic rings. The van der Waals surface area contributed by atoms with E-state index in [2.05, 4.69) is 15.9 Å². The monoisotopic (exact) mass is 330 g/mol. The molecule has 0 aliphatic rings. The second-order valence-corrected chi connectivity index (χ2v) is 5.99. The standard InChI is InChI=1S/C13H12BrFO2S/c1-7-10(14)6-12(18-7)13(16)9-4-3-8(17-2)5-11(9)15/h3-6,13,16H,1-2H3. The molecular formula is C13H12BrFO2S. The van der Waals surface area contributed by atoms with Crippen LogP contribution in [0, 0.1) is 12.7 Å². The van der Waals surface area contributed by atoms with Crippen molar-refractivity contribution in [2.24, 2.45) is 0 Å². The summed E-state index contributed by atoms with van der Waals surface area (Å²) in [6.07, 6.45) is -0.953. The number of methoxy groups -OCH3 is 1. The smallest absolute Gasteiger partial charge is 0.133 e. The van der Waals surface area contributed by atoms with E-state index in [1.807, 2.05) is 13.0 Å². The summed E-state index contributed by atoms with van der Waals surface area (Å²) < 4.78 is 19.7. The molecule has 2 rings (SSSR count). The molecule has 0 saturated carbocycles. The van der Waals surface area contributed by atoms with E-state index in [1.54, 1.807) is 12.1 Å². The van der Waals surface area contributed by atoms with Crippen LogP contribution in [0.1, 0.15) is 21.4 Å². The van der Waals surface area contributed by atoms with Crippen molar-refractivity contribution in [1.82, 2.24) is 0 Å². The molecule has 18 heavy (non-hydrogen) atoms. The van der Waals surface area contributed by atoms with Crippen LogP contribution in [0.15, 0.2) is 28.7 Å². The van der Waals surface area contributed by atoms with Gasteiger partial charge in [-0.05, 0) is 41.1 Å². The van der Waals surface area contributed by atoms with Gasteiger partial charge in [0.15, 0.2) is 0 Å². The van der Waals surface area contributed by atoms with Crippen LogP contribution in [0.4, 0.5) is 4.39 Å². The first-order chi connectivity index (χ1) is 8.52. The number of aliphatic hydroxyl groups excluding tert-OH is 1. The minimum Gasteiger partial charge on any atom is -0.497 e. The van der Waals surface area contributed by atoms with Gasteiger partial charge in [-0.15, -0.1) is 11.3 Å². The molecule has 0 saturated heterocycles. The number of halogens is 2. The predicted octanol–water partition coefficient (Wildman–Crippen LogP) is 4.05. The van der Waals surface area contributed by atoms with Crippen LogP contribution in [0.25, 0.3) is 0 Å². The van der Waals surface area contributed by atoms with Crippen LogP contribution in [0.2, 0.25) is 0 Å². The molecule has 0 fully saturated rings. The molecule has 0 amide bonds. The van der Waals surface area contributed by atoms with Gasteiger partial charge in [0.05, 0.1) is 7.11 Å². The lowest BCUT2D eigenvalue weighted by molar-refractivity contribution is 0.218. The van der Waals surface area contributed by atoms with Gasteiger partial charge >= 0.3 is 0 Å². The Morgan fingerprint density at radius 2 is 2.11 bits per heavy atom. The SMILES string of the molecule is COc1ccc(C(O)c2cc(Br)c(C)s2)c(F)c1. The average molecular weight is 331 g/mol. The second-order valence-electron chi connectivity index (χ2n) is 3.84. The molecule has 0 aliphatic heterocycles. The molecule has 2 nitrogen and oxygen atoms in total. The Labute approximate surface area is 117 Å². The zero-order chi connectivity index (χ0) is 13.3. The number of benzene rings is 1. The maximum atomic E-state index is 13.8. The summed E-state index contributed by atoms with van der Waals surface area (Å²) in [5.41, 5.74) is 0.254. The number of rotatable bonds is 3. The molecule has 0 bridgehead atoms. The first kappa shape index (κ1) is 13.5. The Balaban J connectivity index is 2.36. The third-order valence-electron chi connectivity index (χ3n) is 2.65. The van der Waals surface area contributed by atoms with Gasteiger partial charge in [0, 0.05) is 25.9 Å². The largest absolute Gasteiger partial charge is 0.497 e. The molecule has 1 heterocycles. The second kappa shape index (κ2) is 5.38. The highest BCUT2D eigenvalue weighted by Gasteiger charge is 2.18. The van der Waals surface area contributed by atoms with E-state index in [0.717, 1.165) is 9.35 Å². The van der Waals surface area contributed by atoms with E-state index in [1.165, 1.54) is 24.5 Å². The molecule has 1 atom stereocenters. The topological polar surface area (TPSA) is 29.5 Å². The summed E-state index contributed by atoms with van der Waals surface area (Å²) in [5, 5.41) is 10.2. The van der Waals surface area contributed by atoms with Crippen molar-refractivity contribution >= 4 is 27.3 Å². The molecule has 1 N–H and O–H groups in total. The van der Waals surface area contributed by atoms with E-state index in [4.69, 9.17) is 4.74 Å². The summed E-state index contributed by atoms with van der Waals surface area (Å²) in [6, 6.07) is 6.27. The van der Waals surface area contributed by atoms with E-state index in [9.17, 15) is 9.50 Å². The van der Waals surface area contributed by atoms with Crippen molar-refractivity contribution in [2.45, 2.75) is 13.0 Å². The van der Waals surface area contributed by atoms with Crippen molar-refractivity contribution in [1.29, 1.82) is 0 Å².